The van der Waals surface area contributed by atoms with E-state index < -0.39 is 0 Å². The molecule has 0 fully saturated rings. The lowest BCUT2D eigenvalue weighted by atomic mass is 10.0. The first-order chi connectivity index (χ1) is 9.65. The van der Waals surface area contributed by atoms with Crippen molar-refractivity contribution in [1.29, 1.82) is 0 Å². The molecule has 0 aliphatic rings. The van der Waals surface area contributed by atoms with Crippen LogP contribution in [0, 0.1) is 5.82 Å². The fourth-order valence-electron chi connectivity index (χ4n) is 2.08. The van der Waals surface area contributed by atoms with Crippen molar-refractivity contribution in [3.8, 4) is 11.3 Å². The molecule has 0 atom stereocenters. The van der Waals surface area contributed by atoms with Crippen molar-refractivity contribution in [2.75, 3.05) is 11.9 Å². The molecule has 0 amide bonds. The Morgan fingerprint density at radius 2 is 2.00 bits per heavy atom. The maximum absolute atomic E-state index is 13.5. The Labute approximate surface area is 123 Å². The molecular weight excluding hydrogens is 277 g/mol. The molecule has 20 heavy (non-hydrogen) atoms. The van der Waals surface area contributed by atoms with Crippen LogP contribution in [0.1, 0.15) is 25.8 Å². The van der Waals surface area contributed by atoms with Crippen molar-refractivity contribution >= 4 is 17.4 Å². The predicted octanol–water partition coefficient (Wildman–Crippen LogP) is 4.32. The van der Waals surface area contributed by atoms with E-state index in [1.165, 1.54) is 18.5 Å². The van der Waals surface area contributed by atoms with Gasteiger partial charge in [0.1, 0.15) is 18.0 Å². The third kappa shape index (κ3) is 3.25. The highest BCUT2D eigenvalue weighted by molar-refractivity contribution is 6.30. The molecule has 0 aliphatic carbocycles. The third-order valence-corrected chi connectivity index (χ3v) is 3.20. The average molecular weight is 294 g/mol. The smallest absolute Gasteiger partial charge is 0.133 e. The SMILES string of the molecule is CCCNc1ncnc(-c2cc(F)cc(Cl)c2)c1CC. The largest absolute Gasteiger partial charge is 0.370 e. The van der Waals surface area contributed by atoms with Crippen LogP contribution in [0.5, 0.6) is 0 Å². The minimum Gasteiger partial charge on any atom is -0.370 e. The lowest BCUT2D eigenvalue weighted by molar-refractivity contribution is 0.628. The van der Waals surface area contributed by atoms with Crippen LogP contribution in [0.3, 0.4) is 0 Å². The van der Waals surface area contributed by atoms with Gasteiger partial charge in [0.25, 0.3) is 0 Å². The number of hydrogen-bond donors (Lipinski definition) is 1. The van der Waals surface area contributed by atoms with Gasteiger partial charge in [0, 0.05) is 22.7 Å². The molecule has 1 heterocycles. The lowest BCUT2D eigenvalue weighted by Crippen LogP contribution is -2.07. The van der Waals surface area contributed by atoms with E-state index in [1.807, 2.05) is 6.92 Å². The van der Waals surface area contributed by atoms with Gasteiger partial charge in [-0.3, -0.25) is 0 Å². The summed E-state index contributed by atoms with van der Waals surface area (Å²) in [6, 6.07) is 4.45. The standard InChI is InChI=1S/C15H17ClFN3/c1-3-5-18-15-13(4-2)14(19-9-20-15)10-6-11(16)8-12(17)7-10/h6-9H,3-5H2,1-2H3,(H,18,19,20). The summed E-state index contributed by atoms with van der Waals surface area (Å²) in [5.41, 5.74) is 2.37. The van der Waals surface area contributed by atoms with E-state index in [0.717, 1.165) is 36.5 Å². The van der Waals surface area contributed by atoms with Crippen LogP contribution in [0.15, 0.2) is 24.5 Å². The minimum atomic E-state index is -0.365. The maximum atomic E-state index is 13.5. The van der Waals surface area contributed by atoms with Crippen molar-refractivity contribution in [3.63, 3.8) is 0 Å². The van der Waals surface area contributed by atoms with Gasteiger partial charge in [-0.15, -0.1) is 0 Å². The number of rotatable bonds is 5. The summed E-state index contributed by atoms with van der Waals surface area (Å²) in [6.45, 7) is 4.96. The molecule has 106 valence electrons. The van der Waals surface area contributed by atoms with E-state index >= 15 is 0 Å². The van der Waals surface area contributed by atoms with Gasteiger partial charge in [-0.2, -0.15) is 0 Å². The van der Waals surface area contributed by atoms with Crippen molar-refractivity contribution in [2.24, 2.45) is 0 Å². The molecular formula is C15H17ClFN3. The van der Waals surface area contributed by atoms with Crippen LogP contribution in [0.4, 0.5) is 10.2 Å². The Balaban J connectivity index is 2.50. The Kier molecular flexibility index (Phi) is 4.90. The topological polar surface area (TPSA) is 37.8 Å². The molecule has 0 spiro atoms. The van der Waals surface area contributed by atoms with Gasteiger partial charge in [-0.1, -0.05) is 25.4 Å². The first-order valence-electron chi connectivity index (χ1n) is 6.69. The first-order valence-corrected chi connectivity index (χ1v) is 7.07. The zero-order chi connectivity index (χ0) is 14.5. The number of aromatic nitrogens is 2. The second-order valence-corrected chi connectivity index (χ2v) is 4.92. The summed E-state index contributed by atoms with van der Waals surface area (Å²) in [5.74, 6) is 0.441. The molecule has 0 saturated heterocycles. The maximum Gasteiger partial charge on any atom is 0.133 e. The van der Waals surface area contributed by atoms with Crippen molar-refractivity contribution in [2.45, 2.75) is 26.7 Å². The van der Waals surface area contributed by atoms with Crippen LogP contribution in [0.2, 0.25) is 5.02 Å². The van der Waals surface area contributed by atoms with E-state index in [9.17, 15) is 4.39 Å². The molecule has 0 aliphatic heterocycles. The van der Waals surface area contributed by atoms with Crippen molar-refractivity contribution < 1.29 is 4.39 Å². The van der Waals surface area contributed by atoms with Gasteiger partial charge in [0.05, 0.1) is 5.69 Å². The summed E-state index contributed by atoms with van der Waals surface area (Å²) in [7, 11) is 0. The number of halogens is 2. The summed E-state index contributed by atoms with van der Waals surface area (Å²) < 4.78 is 13.5. The molecule has 5 heteroatoms. The van der Waals surface area contributed by atoms with Crippen molar-refractivity contribution in [3.05, 3.63) is 40.9 Å². The molecule has 2 rings (SSSR count). The van der Waals surface area contributed by atoms with Gasteiger partial charge in [0.15, 0.2) is 0 Å². The zero-order valence-corrected chi connectivity index (χ0v) is 12.3. The molecule has 0 radical (unpaired) electrons. The number of nitrogens with one attached hydrogen (secondary N) is 1. The van der Waals surface area contributed by atoms with Gasteiger partial charge in [0.2, 0.25) is 0 Å². The first kappa shape index (κ1) is 14.7. The van der Waals surface area contributed by atoms with Gasteiger partial charge in [-0.25, -0.2) is 14.4 Å². The molecule has 0 saturated carbocycles. The molecule has 1 aromatic heterocycles. The van der Waals surface area contributed by atoms with Crippen LogP contribution >= 0.6 is 11.6 Å². The Morgan fingerprint density at radius 3 is 2.65 bits per heavy atom. The van der Waals surface area contributed by atoms with Crippen LogP contribution in [0.25, 0.3) is 11.3 Å². The molecule has 3 nitrogen and oxygen atoms in total. The second kappa shape index (κ2) is 6.66. The molecule has 1 aromatic carbocycles. The van der Waals surface area contributed by atoms with Crippen LogP contribution in [-0.4, -0.2) is 16.5 Å². The second-order valence-electron chi connectivity index (χ2n) is 4.49. The monoisotopic (exact) mass is 293 g/mol. The lowest BCUT2D eigenvalue weighted by Gasteiger charge is -2.13. The highest BCUT2D eigenvalue weighted by atomic mass is 35.5. The fraction of sp³-hybridized carbons (Fsp3) is 0.333. The summed E-state index contributed by atoms with van der Waals surface area (Å²) >= 11 is 5.92. The molecule has 0 bridgehead atoms. The summed E-state index contributed by atoms with van der Waals surface area (Å²) in [5, 5.41) is 3.64. The number of benzene rings is 1. The highest BCUT2D eigenvalue weighted by Crippen LogP contribution is 2.28. The molecule has 2 aromatic rings. The molecule has 1 N–H and O–H groups in total. The number of hydrogen-bond acceptors (Lipinski definition) is 3. The Bertz CT molecular complexity index is 581. The van der Waals surface area contributed by atoms with Crippen LogP contribution in [-0.2, 0) is 6.42 Å². The van der Waals surface area contributed by atoms with Gasteiger partial charge >= 0.3 is 0 Å². The summed E-state index contributed by atoms with van der Waals surface area (Å²) in [4.78, 5) is 8.56. The van der Waals surface area contributed by atoms with E-state index in [2.05, 4.69) is 22.2 Å². The van der Waals surface area contributed by atoms with E-state index in [1.54, 1.807) is 6.07 Å². The summed E-state index contributed by atoms with van der Waals surface area (Å²) in [6.07, 6.45) is 3.26. The normalized spacial score (nSPS) is 10.6. The highest BCUT2D eigenvalue weighted by Gasteiger charge is 2.12. The molecule has 0 unspecified atom stereocenters. The number of anilines is 1. The van der Waals surface area contributed by atoms with Gasteiger partial charge in [-0.05, 0) is 31.0 Å². The Morgan fingerprint density at radius 1 is 1.20 bits per heavy atom. The minimum absolute atomic E-state index is 0.365. The van der Waals surface area contributed by atoms with Crippen LogP contribution < -0.4 is 5.32 Å². The Hall–Kier alpha value is -1.68. The quantitative estimate of drug-likeness (QED) is 0.892. The van der Waals surface area contributed by atoms with E-state index in [4.69, 9.17) is 11.6 Å². The van der Waals surface area contributed by atoms with E-state index in [0.29, 0.717) is 10.6 Å². The third-order valence-electron chi connectivity index (χ3n) is 2.98. The number of nitrogens with zero attached hydrogens (tertiary/aromatic N) is 2. The average Bonchev–Trinajstić information content (AvgIpc) is 2.43. The zero-order valence-electron chi connectivity index (χ0n) is 11.6. The van der Waals surface area contributed by atoms with E-state index in [-0.39, 0.29) is 5.82 Å². The fourth-order valence-corrected chi connectivity index (χ4v) is 2.30. The van der Waals surface area contributed by atoms with Crippen molar-refractivity contribution in [1.82, 2.24) is 9.97 Å². The predicted molar refractivity (Wildman–Crippen MR) is 80.6 cm³/mol. The van der Waals surface area contributed by atoms with Gasteiger partial charge < -0.3 is 5.32 Å².